The monoisotopic (exact) mass is 451 g/mol. The van der Waals surface area contributed by atoms with Crippen molar-refractivity contribution >= 4 is 33.2 Å². The highest BCUT2D eigenvalue weighted by Crippen LogP contribution is 2.26. The second-order valence-electron chi connectivity index (χ2n) is 7.26. The maximum atomic E-state index is 13.1. The van der Waals surface area contributed by atoms with Crippen LogP contribution in [-0.4, -0.2) is 70.9 Å². The summed E-state index contributed by atoms with van der Waals surface area (Å²) in [6.45, 7) is 2.67. The van der Waals surface area contributed by atoms with Gasteiger partial charge in [0.05, 0.1) is 12.1 Å². The van der Waals surface area contributed by atoms with Crippen molar-refractivity contribution in [2.24, 2.45) is 0 Å². The van der Waals surface area contributed by atoms with Crippen molar-refractivity contribution in [3.8, 4) is 5.75 Å². The largest absolute Gasteiger partial charge is 0.497 e. The van der Waals surface area contributed by atoms with Gasteiger partial charge in [0.1, 0.15) is 10.6 Å². The summed E-state index contributed by atoms with van der Waals surface area (Å²) in [7, 11) is 0.762. The van der Waals surface area contributed by atoms with Crippen molar-refractivity contribution in [2.75, 3.05) is 52.3 Å². The van der Waals surface area contributed by atoms with Gasteiger partial charge in [-0.15, -0.1) is 0 Å². The second-order valence-corrected chi connectivity index (χ2v) is 9.79. The molecule has 2 aromatic rings. The van der Waals surface area contributed by atoms with Crippen molar-refractivity contribution < 1.29 is 17.9 Å². The molecule has 0 atom stereocenters. The molecule has 0 aliphatic carbocycles. The zero-order chi connectivity index (χ0) is 21.9. The van der Waals surface area contributed by atoms with Gasteiger partial charge in [-0.25, -0.2) is 12.7 Å². The number of anilines is 1. The summed E-state index contributed by atoms with van der Waals surface area (Å²) < 4.78 is 31.3. The summed E-state index contributed by atoms with van der Waals surface area (Å²) >= 11 is 6.10. The molecule has 0 radical (unpaired) electrons. The topological polar surface area (TPSA) is 70.2 Å². The lowest BCUT2D eigenvalue weighted by Crippen LogP contribution is -2.35. The maximum absolute atomic E-state index is 13.1. The van der Waals surface area contributed by atoms with Gasteiger partial charge in [0.2, 0.25) is 10.0 Å². The Labute approximate surface area is 182 Å². The molecule has 0 saturated carbocycles. The zero-order valence-electron chi connectivity index (χ0n) is 17.3. The van der Waals surface area contributed by atoms with Crippen LogP contribution in [-0.2, 0) is 10.0 Å². The fourth-order valence-corrected chi connectivity index (χ4v) is 4.78. The van der Waals surface area contributed by atoms with Gasteiger partial charge in [0.25, 0.3) is 5.91 Å². The SMILES string of the molecule is COc1ccc(N2CCCN(C(=O)c3ccc(Cl)c(S(=O)(=O)N(C)C)c3)CC2)cc1. The maximum Gasteiger partial charge on any atom is 0.253 e. The highest BCUT2D eigenvalue weighted by atomic mass is 35.5. The highest BCUT2D eigenvalue weighted by molar-refractivity contribution is 7.89. The molecule has 1 aliphatic heterocycles. The molecule has 30 heavy (non-hydrogen) atoms. The normalized spacial score (nSPS) is 15.2. The number of halogens is 1. The van der Waals surface area contributed by atoms with E-state index in [4.69, 9.17) is 16.3 Å². The van der Waals surface area contributed by atoms with E-state index in [2.05, 4.69) is 4.90 Å². The van der Waals surface area contributed by atoms with Crippen LogP contribution in [0.1, 0.15) is 16.8 Å². The Hall–Kier alpha value is -2.29. The minimum atomic E-state index is -3.74. The summed E-state index contributed by atoms with van der Waals surface area (Å²) in [4.78, 5) is 17.0. The van der Waals surface area contributed by atoms with Crippen molar-refractivity contribution in [2.45, 2.75) is 11.3 Å². The Bertz CT molecular complexity index is 1010. The third-order valence-corrected chi connectivity index (χ3v) is 7.45. The number of sulfonamides is 1. The molecule has 1 amide bonds. The van der Waals surface area contributed by atoms with Crippen LogP contribution >= 0.6 is 11.6 Å². The molecule has 162 valence electrons. The van der Waals surface area contributed by atoms with Gasteiger partial charge in [-0.3, -0.25) is 4.79 Å². The highest BCUT2D eigenvalue weighted by Gasteiger charge is 2.25. The van der Waals surface area contributed by atoms with E-state index in [1.54, 1.807) is 18.1 Å². The minimum absolute atomic E-state index is 0.0605. The molecular formula is C21H26ClN3O4S. The van der Waals surface area contributed by atoms with Gasteiger partial charge >= 0.3 is 0 Å². The number of benzene rings is 2. The number of rotatable bonds is 5. The van der Waals surface area contributed by atoms with E-state index < -0.39 is 10.0 Å². The Morgan fingerprint density at radius 3 is 2.37 bits per heavy atom. The van der Waals surface area contributed by atoms with E-state index in [1.807, 2.05) is 24.3 Å². The third kappa shape index (κ3) is 4.71. The van der Waals surface area contributed by atoms with Crippen LogP contribution in [0.3, 0.4) is 0 Å². The van der Waals surface area contributed by atoms with E-state index in [0.29, 0.717) is 25.2 Å². The molecule has 1 aliphatic rings. The van der Waals surface area contributed by atoms with Gasteiger partial charge in [0.15, 0.2) is 0 Å². The van der Waals surface area contributed by atoms with E-state index in [1.165, 1.54) is 26.2 Å². The first-order valence-electron chi connectivity index (χ1n) is 9.64. The molecule has 0 bridgehead atoms. The average molecular weight is 452 g/mol. The van der Waals surface area contributed by atoms with Gasteiger partial charge < -0.3 is 14.5 Å². The predicted molar refractivity (Wildman–Crippen MR) is 118 cm³/mol. The summed E-state index contributed by atoms with van der Waals surface area (Å²) in [5.41, 5.74) is 1.40. The standard InChI is InChI=1S/C21H26ClN3O4S/c1-23(2)30(27,28)20-15-16(5-10-19(20)22)21(26)25-12-4-11-24(13-14-25)17-6-8-18(29-3)9-7-17/h5-10,15H,4,11-14H2,1-3H3. The van der Waals surface area contributed by atoms with Crippen LogP contribution in [0.15, 0.2) is 47.4 Å². The third-order valence-electron chi connectivity index (χ3n) is 5.16. The van der Waals surface area contributed by atoms with Crippen molar-refractivity contribution in [3.05, 3.63) is 53.1 Å². The van der Waals surface area contributed by atoms with Crippen molar-refractivity contribution in [3.63, 3.8) is 0 Å². The van der Waals surface area contributed by atoms with E-state index in [9.17, 15) is 13.2 Å². The fraction of sp³-hybridized carbons (Fsp3) is 0.381. The number of hydrogen-bond donors (Lipinski definition) is 0. The Morgan fingerprint density at radius 2 is 1.73 bits per heavy atom. The van der Waals surface area contributed by atoms with Crippen LogP contribution in [0.25, 0.3) is 0 Å². The lowest BCUT2D eigenvalue weighted by molar-refractivity contribution is 0.0767. The quantitative estimate of drug-likeness (QED) is 0.699. The molecule has 0 N–H and O–H groups in total. The Morgan fingerprint density at radius 1 is 1.03 bits per heavy atom. The van der Waals surface area contributed by atoms with Crippen LogP contribution in [0, 0.1) is 0 Å². The zero-order valence-corrected chi connectivity index (χ0v) is 18.9. The van der Waals surface area contributed by atoms with Crippen LogP contribution in [0.2, 0.25) is 5.02 Å². The summed E-state index contributed by atoms with van der Waals surface area (Å²) in [6.07, 6.45) is 0.814. The van der Waals surface area contributed by atoms with E-state index >= 15 is 0 Å². The van der Waals surface area contributed by atoms with Crippen molar-refractivity contribution in [1.82, 2.24) is 9.21 Å². The second kappa shape index (κ2) is 9.24. The molecule has 1 heterocycles. The van der Waals surface area contributed by atoms with Crippen molar-refractivity contribution in [1.29, 1.82) is 0 Å². The average Bonchev–Trinajstić information content (AvgIpc) is 2.99. The first-order valence-corrected chi connectivity index (χ1v) is 11.5. The number of amides is 1. The first-order chi connectivity index (χ1) is 14.2. The van der Waals surface area contributed by atoms with E-state index in [-0.39, 0.29) is 15.8 Å². The predicted octanol–water partition coefficient (Wildman–Crippen LogP) is 2.95. The first kappa shape index (κ1) is 22.4. The van der Waals surface area contributed by atoms with Gasteiger partial charge in [0, 0.05) is 51.5 Å². The van der Waals surface area contributed by atoms with Crippen LogP contribution in [0.4, 0.5) is 5.69 Å². The van der Waals surface area contributed by atoms with Gasteiger partial charge in [-0.1, -0.05) is 11.6 Å². The number of ether oxygens (including phenoxy) is 1. The lowest BCUT2D eigenvalue weighted by Gasteiger charge is -2.24. The molecular weight excluding hydrogens is 426 g/mol. The number of methoxy groups -OCH3 is 1. The lowest BCUT2D eigenvalue weighted by atomic mass is 10.2. The molecule has 9 heteroatoms. The molecule has 1 saturated heterocycles. The number of carbonyl (C=O) groups excluding carboxylic acids is 1. The summed E-state index contributed by atoms with van der Waals surface area (Å²) in [5, 5.41) is 0.0989. The number of nitrogens with zero attached hydrogens (tertiary/aromatic N) is 3. The smallest absolute Gasteiger partial charge is 0.253 e. The summed E-state index contributed by atoms with van der Waals surface area (Å²) in [5.74, 6) is 0.607. The molecule has 1 fully saturated rings. The molecule has 2 aromatic carbocycles. The van der Waals surface area contributed by atoms with Gasteiger partial charge in [-0.05, 0) is 48.9 Å². The van der Waals surface area contributed by atoms with Crippen LogP contribution in [0.5, 0.6) is 5.75 Å². The van der Waals surface area contributed by atoms with Gasteiger partial charge in [-0.2, -0.15) is 0 Å². The molecule has 0 spiro atoms. The summed E-state index contributed by atoms with van der Waals surface area (Å²) in [6, 6.07) is 12.3. The van der Waals surface area contributed by atoms with E-state index in [0.717, 1.165) is 28.7 Å². The fourth-order valence-electron chi connectivity index (χ4n) is 3.39. The Kier molecular flexibility index (Phi) is 6.90. The minimum Gasteiger partial charge on any atom is -0.497 e. The molecule has 7 nitrogen and oxygen atoms in total. The molecule has 3 rings (SSSR count). The molecule has 0 unspecified atom stereocenters. The van der Waals surface area contributed by atoms with Crippen LogP contribution < -0.4 is 9.64 Å². The number of hydrogen-bond acceptors (Lipinski definition) is 5. The Balaban J connectivity index is 1.76. The number of carbonyl (C=O) groups is 1. The molecule has 0 aromatic heterocycles.